The fourth-order valence-electron chi connectivity index (χ4n) is 12.0. The Morgan fingerprint density at radius 1 is 0.713 bits per heavy atom. The molecule has 0 radical (unpaired) electrons. The summed E-state index contributed by atoms with van der Waals surface area (Å²) in [5.41, 5.74) is -1.48. The van der Waals surface area contributed by atoms with Crippen LogP contribution in [0.3, 0.4) is 0 Å². The van der Waals surface area contributed by atoms with Gasteiger partial charge in [0.25, 0.3) is 0 Å². The second-order valence-corrected chi connectivity index (χ2v) is 22.5. The Morgan fingerprint density at radius 3 is 1.82 bits per heavy atom. The van der Waals surface area contributed by atoms with E-state index in [0.29, 0.717) is 0 Å². The van der Waals surface area contributed by atoms with Crippen molar-refractivity contribution in [2.75, 3.05) is 14.2 Å². The van der Waals surface area contributed by atoms with Gasteiger partial charge in [0.05, 0.1) is 71.5 Å². The molecule has 25 atom stereocenters. The number of hydrogen-bond acceptors (Lipinski definition) is 25. The van der Waals surface area contributed by atoms with E-state index in [1.165, 1.54) is 54.0 Å². The van der Waals surface area contributed by atoms with Crippen molar-refractivity contribution in [3.05, 3.63) is 28.8 Å². The van der Waals surface area contributed by atoms with Crippen LogP contribution < -0.4 is 4.74 Å². The Balaban J connectivity index is 1.05. The van der Waals surface area contributed by atoms with E-state index in [1.54, 1.807) is 34.6 Å². The van der Waals surface area contributed by atoms with Crippen molar-refractivity contribution in [3.63, 3.8) is 0 Å². The number of rotatable bonds is 17. The predicted octanol–water partition coefficient (Wildman–Crippen LogP) is 0.976. The molecule has 2 aromatic rings. The summed E-state index contributed by atoms with van der Waals surface area (Å²) in [5, 5.41) is 99.9. The van der Waals surface area contributed by atoms with Gasteiger partial charge in [0, 0.05) is 64.7 Å². The number of hydrogen-bond donors (Lipinski definition) is 9. The monoisotopic (exact) mass is 1140 g/mol. The van der Waals surface area contributed by atoms with E-state index >= 15 is 4.79 Å². The first kappa shape index (κ1) is 62.2. The van der Waals surface area contributed by atoms with Gasteiger partial charge in [-0.2, -0.15) is 0 Å². The van der Waals surface area contributed by atoms with Crippen LogP contribution in [0.15, 0.2) is 12.1 Å². The molecule has 2 aromatic carbocycles. The minimum Gasteiger partial charge on any atom is -0.507 e. The zero-order valence-electron chi connectivity index (χ0n) is 46.8. The number of fused-ring (bicyclic) bond motifs is 2. The maximum atomic E-state index is 15.1. The lowest BCUT2D eigenvalue weighted by atomic mass is 9.75. The van der Waals surface area contributed by atoms with Crippen molar-refractivity contribution in [2.24, 2.45) is 5.92 Å². The summed E-state index contributed by atoms with van der Waals surface area (Å²) in [4.78, 5) is 41.3. The van der Waals surface area contributed by atoms with Crippen LogP contribution >= 0.6 is 0 Å². The topological polar surface area (TPSA) is 353 Å². The number of carbonyl (C=O) groups is 3. The van der Waals surface area contributed by atoms with Crippen molar-refractivity contribution >= 4 is 28.3 Å². The zero-order chi connectivity index (χ0) is 58.6. The molecular weight excluding hydrogens is 1060 g/mol. The summed E-state index contributed by atoms with van der Waals surface area (Å²) in [6.45, 7) is 13.6. The van der Waals surface area contributed by atoms with E-state index in [9.17, 15) is 55.5 Å². The first-order valence-electron chi connectivity index (χ1n) is 27.3. The molecule has 5 aliphatic heterocycles. The van der Waals surface area contributed by atoms with Crippen molar-refractivity contribution in [2.45, 2.75) is 248 Å². The fourth-order valence-corrected chi connectivity index (χ4v) is 12.0. The van der Waals surface area contributed by atoms with E-state index in [2.05, 4.69) is 0 Å². The molecule has 0 saturated carbocycles. The lowest BCUT2D eigenvalue weighted by Gasteiger charge is -2.46. The normalized spacial score (nSPS) is 40.9. The van der Waals surface area contributed by atoms with Crippen LogP contribution in [0.4, 0.5) is 0 Å². The molecule has 9 N–H and O–H groups in total. The lowest BCUT2D eigenvalue weighted by Crippen LogP contribution is -2.58. The van der Waals surface area contributed by atoms with Gasteiger partial charge >= 0.3 is 5.97 Å². The largest absolute Gasteiger partial charge is 0.507 e. The molecule has 0 aromatic heterocycles. The summed E-state index contributed by atoms with van der Waals surface area (Å²) < 4.78 is 78.5. The Morgan fingerprint density at radius 2 is 1.25 bits per heavy atom. The molecule has 80 heavy (non-hydrogen) atoms. The number of aliphatic hydroxyl groups excluding tert-OH is 6. The fraction of sp³-hybridized carbons (Fsp3) is 0.764. The number of ether oxygens (including phenoxy) is 13. The average Bonchev–Trinajstić information content (AvgIpc) is 3.50. The van der Waals surface area contributed by atoms with Gasteiger partial charge in [-0.1, -0.05) is 0 Å². The molecule has 5 unspecified atom stereocenters. The summed E-state index contributed by atoms with van der Waals surface area (Å²) in [7, 11) is 2.65. The number of carbonyl (C=O) groups excluding carboxylic acids is 3. The Kier molecular flexibility index (Phi) is 19.6. The third kappa shape index (κ3) is 12.9. The predicted molar refractivity (Wildman–Crippen MR) is 273 cm³/mol. The number of methoxy groups -OCH3 is 2. The van der Waals surface area contributed by atoms with Gasteiger partial charge in [-0.3, -0.25) is 14.4 Å². The number of benzene rings is 2. The van der Waals surface area contributed by atoms with Gasteiger partial charge in [0.2, 0.25) is 6.29 Å². The molecule has 5 saturated heterocycles. The van der Waals surface area contributed by atoms with Crippen LogP contribution in [0.2, 0.25) is 0 Å². The van der Waals surface area contributed by atoms with Crippen LogP contribution in [0.1, 0.15) is 109 Å². The highest BCUT2D eigenvalue weighted by molar-refractivity contribution is 6.11. The number of aromatic hydroxyl groups is 2. The molecule has 450 valence electrons. The molecule has 6 aliphatic rings. The number of esters is 1. The SMILES string of the molecule is CO[C@@H]1[C@H](O)C[C@@H](O[C@@H]2CC(Oc3cc4cc5c(c(O)c4c(O)c3C)C(=O)C(OC3C[C@@H](OC4C[C@@H](O[C@H]6C[C@](C)(O)[C@@H](O)[C@H](C)O6)[C@H](O)[C@@H](C)O4)[C@H](O)[C@@H](C)O3)C([C@H](OC)C(=O)[C@@H](O)[C@@H](C)O)C5)O[C@H](C)[C@@H]2OC(C)=O)O[C@@H]1C. The van der Waals surface area contributed by atoms with E-state index < -0.39 is 182 Å². The van der Waals surface area contributed by atoms with Crippen LogP contribution in [0.5, 0.6) is 17.2 Å². The maximum Gasteiger partial charge on any atom is 0.303 e. The number of Topliss-reactive ketones (excluding diaryl/α,β-unsaturated/α-hetero) is 2. The van der Waals surface area contributed by atoms with Gasteiger partial charge in [0.1, 0.15) is 66.1 Å². The van der Waals surface area contributed by atoms with Crippen LogP contribution in [-0.4, -0.2) is 225 Å². The molecular formula is C55H80O25. The number of phenols is 2. The van der Waals surface area contributed by atoms with Gasteiger partial charge in [-0.15, -0.1) is 0 Å². The zero-order valence-corrected chi connectivity index (χ0v) is 46.8. The highest BCUT2D eigenvalue weighted by atomic mass is 16.7. The molecule has 8 rings (SSSR count). The van der Waals surface area contributed by atoms with Crippen LogP contribution in [0, 0.1) is 12.8 Å². The Bertz CT molecular complexity index is 2500. The molecule has 1 aliphatic carbocycles. The average molecular weight is 1140 g/mol. The van der Waals surface area contributed by atoms with Crippen molar-refractivity contribution in [1.82, 2.24) is 0 Å². The lowest BCUT2D eigenvalue weighted by molar-refractivity contribution is -0.334. The van der Waals surface area contributed by atoms with Crippen molar-refractivity contribution in [3.8, 4) is 17.2 Å². The number of aliphatic hydroxyl groups is 7. The van der Waals surface area contributed by atoms with Crippen molar-refractivity contribution in [1.29, 1.82) is 0 Å². The second-order valence-electron chi connectivity index (χ2n) is 22.5. The first-order valence-corrected chi connectivity index (χ1v) is 27.3. The summed E-state index contributed by atoms with van der Waals surface area (Å²) in [6.07, 6.45) is -25.7. The Hall–Kier alpha value is -3.81. The van der Waals surface area contributed by atoms with Gasteiger partial charge in [-0.05, 0) is 84.9 Å². The summed E-state index contributed by atoms with van der Waals surface area (Å²) >= 11 is 0. The van der Waals surface area contributed by atoms with Crippen LogP contribution in [-0.2, 0) is 72.9 Å². The minimum atomic E-state index is -1.95. The standard InChI is InChI=1S/C55H80O25/c1-20-32(76-38-18-35(51(25(6)73-38)75-27(8)57)79-36-15-31(58)50(68-10)24(5)72-36)14-29-12-28-13-30(52(69-11)49(65)44(60)21(2)56)53(48(64)42(28)47(63)41(29)43(20)59)80-39-17-33(45(61)23(4)71-39)77-37-16-34(46(62)22(3)70-37)78-40-19-55(9,67)54(66)26(7)74-40/h12,14,21-26,30-31,33-40,44-46,50-54,56,58-63,66-67H,13,15-19H2,1-11H3/t21-,22-,23-,24-,25-,26+,30?,31-,33-,34-,35-,36-,37?,38?,39?,40+,44+,45-,46-,50+,51+,52+,53?,54+,55+/m1/s1. The van der Waals surface area contributed by atoms with E-state index in [0.717, 1.165) is 0 Å². The van der Waals surface area contributed by atoms with Gasteiger partial charge in [-0.25, -0.2) is 0 Å². The molecule has 5 fully saturated rings. The molecule has 25 heteroatoms. The highest BCUT2D eigenvalue weighted by Crippen LogP contribution is 2.48. The third-order valence-electron chi connectivity index (χ3n) is 16.4. The second kappa shape index (κ2) is 25.2. The highest BCUT2D eigenvalue weighted by Gasteiger charge is 2.52. The number of phenolic OH excluding ortho intramolecular Hbond substituents is 2. The van der Waals surface area contributed by atoms with Gasteiger partial charge < -0.3 is 108 Å². The maximum absolute atomic E-state index is 15.1. The number of ketones is 2. The van der Waals surface area contributed by atoms with Crippen molar-refractivity contribution < 1.29 is 122 Å². The molecule has 5 heterocycles. The van der Waals surface area contributed by atoms with E-state index in [1.807, 2.05) is 0 Å². The molecule has 0 bridgehead atoms. The molecule has 0 amide bonds. The summed E-state index contributed by atoms with van der Waals surface area (Å²) in [5.74, 6) is -4.68. The summed E-state index contributed by atoms with van der Waals surface area (Å²) in [6, 6.07) is 3.05. The van der Waals surface area contributed by atoms with E-state index in [4.69, 9.17) is 61.6 Å². The van der Waals surface area contributed by atoms with Crippen LogP contribution in [0.25, 0.3) is 10.8 Å². The van der Waals surface area contributed by atoms with Gasteiger partial charge in [0.15, 0.2) is 42.8 Å². The smallest absolute Gasteiger partial charge is 0.303 e. The van der Waals surface area contributed by atoms with E-state index in [-0.39, 0.29) is 71.7 Å². The quantitative estimate of drug-likeness (QED) is 0.0997. The first-order chi connectivity index (χ1) is 37.6. The third-order valence-corrected chi connectivity index (χ3v) is 16.4. The molecule has 0 spiro atoms. The Labute approximate surface area is 463 Å². The minimum absolute atomic E-state index is 0.0207. The molecule has 25 nitrogen and oxygen atoms in total.